The Bertz CT molecular complexity index is 206. The third-order valence-corrected chi connectivity index (χ3v) is 2.78. The van der Waals surface area contributed by atoms with Gasteiger partial charge in [-0.2, -0.15) is 0 Å². The number of ether oxygens (including phenoxy) is 4. The van der Waals surface area contributed by atoms with E-state index in [4.69, 9.17) is 18.9 Å². The van der Waals surface area contributed by atoms with Gasteiger partial charge in [-0.1, -0.05) is 0 Å². The Labute approximate surface area is 96.4 Å². The van der Waals surface area contributed by atoms with Gasteiger partial charge in [0.1, 0.15) is 0 Å². The Kier molecular flexibility index (Phi) is 4.16. The van der Waals surface area contributed by atoms with Crippen LogP contribution >= 0.6 is 0 Å². The first kappa shape index (κ1) is 12.3. The van der Waals surface area contributed by atoms with Crippen molar-refractivity contribution in [1.82, 2.24) is 5.32 Å². The van der Waals surface area contributed by atoms with Crippen LogP contribution in [0.5, 0.6) is 0 Å². The van der Waals surface area contributed by atoms with Gasteiger partial charge in [0.25, 0.3) is 0 Å². The molecule has 2 saturated heterocycles. The van der Waals surface area contributed by atoms with Gasteiger partial charge in [0.2, 0.25) is 0 Å². The lowest BCUT2D eigenvalue weighted by Crippen LogP contribution is -2.51. The summed E-state index contributed by atoms with van der Waals surface area (Å²) in [4.78, 5) is 0. The zero-order valence-corrected chi connectivity index (χ0v) is 10.0. The second-order valence-electron chi connectivity index (χ2n) is 4.69. The van der Waals surface area contributed by atoms with Crippen molar-refractivity contribution in [2.45, 2.75) is 31.8 Å². The normalized spacial score (nSPS) is 31.5. The minimum absolute atomic E-state index is 0.156. The summed E-state index contributed by atoms with van der Waals surface area (Å²) in [5.74, 6) is -0.442. The fourth-order valence-corrected chi connectivity index (χ4v) is 1.76. The van der Waals surface area contributed by atoms with Crippen LogP contribution in [-0.4, -0.2) is 57.5 Å². The van der Waals surface area contributed by atoms with Crippen LogP contribution in [0.2, 0.25) is 0 Å². The van der Waals surface area contributed by atoms with Crippen molar-refractivity contribution in [3.8, 4) is 0 Å². The average molecular weight is 231 g/mol. The van der Waals surface area contributed by atoms with E-state index in [9.17, 15) is 0 Å². The monoisotopic (exact) mass is 231 g/mol. The SMILES string of the molecule is CC1(C)OCC(NCC2COCCO2)CO1. The molecule has 1 N–H and O–H groups in total. The molecule has 2 aliphatic rings. The van der Waals surface area contributed by atoms with Crippen LogP contribution in [0.15, 0.2) is 0 Å². The summed E-state index contributed by atoms with van der Waals surface area (Å²) in [5, 5.41) is 3.37. The molecule has 0 saturated carbocycles. The standard InChI is InChI=1S/C11H21NO4/c1-11(2)15-6-9(7-16-11)12-5-10-8-13-3-4-14-10/h9-10,12H,3-8H2,1-2H3. The Morgan fingerprint density at radius 3 is 2.50 bits per heavy atom. The van der Waals surface area contributed by atoms with Crippen LogP contribution in [0.1, 0.15) is 13.8 Å². The van der Waals surface area contributed by atoms with E-state index < -0.39 is 5.79 Å². The summed E-state index contributed by atoms with van der Waals surface area (Å²) in [6.45, 7) is 8.09. The van der Waals surface area contributed by atoms with E-state index in [1.807, 2.05) is 13.8 Å². The van der Waals surface area contributed by atoms with Gasteiger partial charge in [0.15, 0.2) is 5.79 Å². The topological polar surface area (TPSA) is 49.0 Å². The van der Waals surface area contributed by atoms with E-state index in [2.05, 4.69) is 5.32 Å². The summed E-state index contributed by atoms with van der Waals surface area (Å²) in [7, 11) is 0. The molecule has 16 heavy (non-hydrogen) atoms. The van der Waals surface area contributed by atoms with Crippen LogP contribution < -0.4 is 5.32 Å². The van der Waals surface area contributed by atoms with E-state index >= 15 is 0 Å². The van der Waals surface area contributed by atoms with Crippen LogP contribution in [0.3, 0.4) is 0 Å². The van der Waals surface area contributed by atoms with Gasteiger partial charge < -0.3 is 24.3 Å². The van der Waals surface area contributed by atoms with Crippen molar-refractivity contribution < 1.29 is 18.9 Å². The molecular weight excluding hydrogens is 210 g/mol. The molecule has 5 nitrogen and oxygen atoms in total. The molecule has 0 aromatic carbocycles. The summed E-state index contributed by atoms with van der Waals surface area (Å²) in [6, 6.07) is 0.249. The highest BCUT2D eigenvalue weighted by Crippen LogP contribution is 2.16. The summed E-state index contributed by atoms with van der Waals surface area (Å²) in [6.07, 6.45) is 0.156. The fourth-order valence-electron chi connectivity index (χ4n) is 1.76. The molecule has 0 aromatic heterocycles. The number of hydrogen-bond acceptors (Lipinski definition) is 5. The predicted octanol–water partition coefficient (Wildman–Crippen LogP) is 0.143. The molecular formula is C11H21NO4. The Morgan fingerprint density at radius 1 is 1.12 bits per heavy atom. The lowest BCUT2D eigenvalue weighted by atomic mass is 10.2. The number of rotatable bonds is 3. The minimum Gasteiger partial charge on any atom is -0.376 e. The molecule has 1 atom stereocenters. The second kappa shape index (κ2) is 5.42. The van der Waals surface area contributed by atoms with E-state index in [0.717, 1.165) is 6.54 Å². The van der Waals surface area contributed by atoms with E-state index in [1.165, 1.54) is 0 Å². The molecule has 94 valence electrons. The third kappa shape index (κ3) is 3.68. The maximum atomic E-state index is 5.56. The predicted molar refractivity (Wildman–Crippen MR) is 58.3 cm³/mol. The maximum Gasteiger partial charge on any atom is 0.162 e. The molecule has 0 radical (unpaired) electrons. The van der Waals surface area contributed by atoms with Crippen LogP contribution in [0.25, 0.3) is 0 Å². The van der Waals surface area contributed by atoms with Crippen LogP contribution in [0, 0.1) is 0 Å². The number of hydrogen-bond donors (Lipinski definition) is 1. The van der Waals surface area contributed by atoms with Crippen LogP contribution in [-0.2, 0) is 18.9 Å². The summed E-state index contributed by atoms with van der Waals surface area (Å²) in [5.41, 5.74) is 0. The van der Waals surface area contributed by atoms with Gasteiger partial charge in [-0.25, -0.2) is 0 Å². The van der Waals surface area contributed by atoms with E-state index in [0.29, 0.717) is 33.0 Å². The van der Waals surface area contributed by atoms with E-state index in [-0.39, 0.29) is 12.1 Å². The Balaban J connectivity index is 1.63. The second-order valence-corrected chi connectivity index (χ2v) is 4.69. The molecule has 5 heteroatoms. The van der Waals surface area contributed by atoms with Crippen molar-refractivity contribution in [3.63, 3.8) is 0 Å². The molecule has 2 rings (SSSR count). The van der Waals surface area contributed by atoms with Crippen LogP contribution in [0.4, 0.5) is 0 Å². The molecule has 2 fully saturated rings. The molecule has 2 aliphatic heterocycles. The first-order valence-electron chi connectivity index (χ1n) is 5.86. The van der Waals surface area contributed by atoms with Gasteiger partial charge in [-0.15, -0.1) is 0 Å². The highest BCUT2D eigenvalue weighted by Gasteiger charge is 2.28. The fraction of sp³-hybridized carbons (Fsp3) is 1.00. The molecule has 2 heterocycles. The molecule has 0 spiro atoms. The highest BCUT2D eigenvalue weighted by atomic mass is 16.7. The first-order chi connectivity index (χ1) is 7.66. The largest absolute Gasteiger partial charge is 0.376 e. The van der Waals surface area contributed by atoms with Gasteiger partial charge in [0, 0.05) is 6.54 Å². The number of nitrogens with one attached hydrogen (secondary N) is 1. The highest BCUT2D eigenvalue weighted by molar-refractivity contribution is 4.75. The van der Waals surface area contributed by atoms with Crippen molar-refractivity contribution in [2.75, 3.05) is 39.6 Å². The molecule has 0 bridgehead atoms. The summed E-state index contributed by atoms with van der Waals surface area (Å²) >= 11 is 0. The lowest BCUT2D eigenvalue weighted by Gasteiger charge is -2.36. The van der Waals surface area contributed by atoms with Crippen molar-refractivity contribution in [1.29, 1.82) is 0 Å². The van der Waals surface area contributed by atoms with Crippen molar-refractivity contribution in [3.05, 3.63) is 0 Å². The molecule has 0 aromatic rings. The molecule has 0 amide bonds. The minimum atomic E-state index is -0.442. The first-order valence-corrected chi connectivity index (χ1v) is 5.86. The van der Waals surface area contributed by atoms with Crippen molar-refractivity contribution in [2.24, 2.45) is 0 Å². The van der Waals surface area contributed by atoms with E-state index in [1.54, 1.807) is 0 Å². The lowest BCUT2D eigenvalue weighted by molar-refractivity contribution is -0.253. The third-order valence-electron chi connectivity index (χ3n) is 2.78. The van der Waals surface area contributed by atoms with Gasteiger partial charge in [0.05, 0.1) is 45.2 Å². The summed E-state index contributed by atoms with van der Waals surface area (Å²) < 4.78 is 22.0. The van der Waals surface area contributed by atoms with Gasteiger partial charge in [-0.3, -0.25) is 0 Å². The Morgan fingerprint density at radius 2 is 1.88 bits per heavy atom. The Hall–Kier alpha value is -0.200. The quantitative estimate of drug-likeness (QED) is 0.749. The molecule has 0 aliphatic carbocycles. The molecule has 1 unspecified atom stereocenters. The maximum absolute atomic E-state index is 5.56. The average Bonchev–Trinajstić information content (AvgIpc) is 2.29. The van der Waals surface area contributed by atoms with Crippen molar-refractivity contribution >= 4 is 0 Å². The van der Waals surface area contributed by atoms with Gasteiger partial charge in [-0.05, 0) is 13.8 Å². The van der Waals surface area contributed by atoms with Gasteiger partial charge >= 0.3 is 0 Å². The zero-order chi connectivity index (χ0) is 11.4. The zero-order valence-electron chi connectivity index (χ0n) is 10.0. The smallest absolute Gasteiger partial charge is 0.162 e.